The summed E-state index contributed by atoms with van der Waals surface area (Å²) in [4.78, 5) is 0. The van der Waals surface area contributed by atoms with Crippen molar-refractivity contribution in [3.8, 4) is 0 Å². The molecule has 1 unspecified atom stereocenters. The van der Waals surface area contributed by atoms with Crippen molar-refractivity contribution < 1.29 is 0 Å². The van der Waals surface area contributed by atoms with Gasteiger partial charge in [0.2, 0.25) is 0 Å². The maximum absolute atomic E-state index is 5.53. The van der Waals surface area contributed by atoms with Crippen molar-refractivity contribution in [2.75, 3.05) is 5.32 Å². The number of hydrogen-bond donors (Lipinski definition) is 2. The van der Waals surface area contributed by atoms with Gasteiger partial charge in [0.15, 0.2) is 5.11 Å². The van der Waals surface area contributed by atoms with Gasteiger partial charge in [-0.1, -0.05) is 30.3 Å². The minimum Gasteiger partial charge on any atom is -0.356 e. The van der Waals surface area contributed by atoms with Gasteiger partial charge in [-0.15, -0.1) is 0 Å². The quantitative estimate of drug-likeness (QED) is 0.660. The zero-order valence-electron chi connectivity index (χ0n) is 16.4. The Labute approximate surface area is 165 Å². The first-order valence-electron chi connectivity index (χ1n) is 9.00. The number of hydrogen-bond acceptors (Lipinski definition) is 3. The summed E-state index contributed by atoms with van der Waals surface area (Å²) in [7, 11) is 1.94. The topological polar surface area (TPSA) is 59.7 Å². The summed E-state index contributed by atoms with van der Waals surface area (Å²) in [6.07, 6.45) is 1.88. The van der Waals surface area contributed by atoms with E-state index in [2.05, 4.69) is 53.7 Å². The number of nitrogens with zero attached hydrogens (tertiary/aromatic N) is 4. The highest BCUT2D eigenvalue weighted by molar-refractivity contribution is 7.80. The Morgan fingerprint density at radius 2 is 1.85 bits per heavy atom. The van der Waals surface area contributed by atoms with Crippen LogP contribution >= 0.6 is 12.2 Å². The fourth-order valence-corrected chi connectivity index (χ4v) is 3.43. The molecule has 0 fully saturated rings. The summed E-state index contributed by atoms with van der Waals surface area (Å²) in [6.45, 7) is 8.92. The smallest absolute Gasteiger partial charge is 0.171 e. The van der Waals surface area contributed by atoms with Crippen molar-refractivity contribution in [3.63, 3.8) is 0 Å². The molecule has 0 saturated carbocycles. The van der Waals surface area contributed by atoms with Crippen LogP contribution in [0.25, 0.3) is 0 Å². The van der Waals surface area contributed by atoms with E-state index in [1.165, 1.54) is 5.56 Å². The summed E-state index contributed by atoms with van der Waals surface area (Å²) in [6, 6.07) is 10.4. The highest BCUT2D eigenvalue weighted by Gasteiger charge is 2.16. The highest BCUT2D eigenvalue weighted by atomic mass is 32.1. The van der Waals surface area contributed by atoms with Crippen molar-refractivity contribution in [2.45, 2.75) is 40.3 Å². The number of aromatic nitrogens is 4. The highest BCUT2D eigenvalue weighted by Crippen LogP contribution is 2.21. The Morgan fingerprint density at radius 1 is 1.15 bits per heavy atom. The molecule has 0 amide bonds. The molecule has 0 bridgehead atoms. The predicted octanol–water partition coefficient (Wildman–Crippen LogP) is 3.64. The molecular formula is C20H26N6S. The monoisotopic (exact) mass is 382 g/mol. The van der Waals surface area contributed by atoms with E-state index < -0.39 is 0 Å². The van der Waals surface area contributed by atoms with Gasteiger partial charge in [0.05, 0.1) is 35.9 Å². The van der Waals surface area contributed by atoms with Crippen LogP contribution in [0.1, 0.15) is 41.2 Å². The molecular weight excluding hydrogens is 356 g/mol. The SMILES string of the molecule is Cc1nn(Cc2ccccc2)c(C)c1NC(=S)NC(C)c1cnn(C)c1C. The number of rotatable bonds is 5. The molecule has 2 aromatic heterocycles. The summed E-state index contributed by atoms with van der Waals surface area (Å²) in [5.74, 6) is 0. The summed E-state index contributed by atoms with van der Waals surface area (Å²) in [5.41, 5.74) is 6.42. The standard InChI is InChI=1S/C20H26N6S/c1-13(18-11-21-25(5)15(18)3)22-20(27)23-19-14(2)24-26(16(19)4)12-17-9-7-6-8-10-17/h6-11,13H,12H2,1-5H3,(H2,22,23,27). The molecule has 27 heavy (non-hydrogen) atoms. The van der Waals surface area contributed by atoms with E-state index in [0.29, 0.717) is 5.11 Å². The molecule has 3 rings (SSSR count). The van der Waals surface area contributed by atoms with Gasteiger partial charge in [-0.3, -0.25) is 9.36 Å². The van der Waals surface area contributed by atoms with E-state index in [0.717, 1.165) is 34.9 Å². The number of nitrogens with one attached hydrogen (secondary N) is 2. The van der Waals surface area contributed by atoms with Gasteiger partial charge in [0.25, 0.3) is 0 Å². The first-order chi connectivity index (χ1) is 12.9. The largest absolute Gasteiger partial charge is 0.356 e. The number of anilines is 1. The average Bonchev–Trinajstić information content (AvgIpc) is 3.10. The Balaban J connectivity index is 1.70. The van der Waals surface area contributed by atoms with E-state index in [-0.39, 0.29) is 6.04 Å². The van der Waals surface area contributed by atoms with Gasteiger partial charge >= 0.3 is 0 Å². The molecule has 142 valence electrons. The molecule has 6 nitrogen and oxygen atoms in total. The Kier molecular flexibility index (Phi) is 5.60. The lowest BCUT2D eigenvalue weighted by Crippen LogP contribution is -2.31. The molecule has 1 atom stereocenters. The molecule has 3 aromatic rings. The zero-order chi connectivity index (χ0) is 19.6. The predicted molar refractivity (Wildman–Crippen MR) is 113 cm³/mol. The lowest BCUT2D eigenvalue weighted by molar-refractivity contribution is 0.659. The van der Waals surface area contributed by atoms with Crippen molar-refractivity contribution in [2.24, 2.45) is 7.05 Å². The van der Waals surface area contributed by atoms with Crippen LogP contribution in [0, 0.1) is 20.8 Å². The van der Waals surface area contributed by atoms with Crippen molar-refractivity contribution in [1.82, 2.24) is 24.9 Å². The number of thiocarbonyl (C=S) groups is 1. The molecule has 0 spiro atoms. The third kappa shape index (κ3) is 4.19. The summed E-state index contributed by atoms with van der Waals surface area (Å²) < 4.78 is 3.87. The number of aryl methyl sites for hydroxylation is 2. The van der Waals surface area contributed by atoms with Gasteiger partial charge in [-0.2, -0.15) is 10.2 Å². The van der Waals surface area contributed by atoms with E-state index >= 15 is 0 Å². The number of benzene rings is 1. The summed E-state index contributed by atoms with van der Waals surface area (Å²) >= 11 is 5.53. The van der Waals surface area contributed by atoms with Gasteiger partial charge in [-0.25, -0.2) is 0 Å². The molecule has 1 aromatic carbocycles. The second kappa shape index (κ2) is 7.92. The minimum atomic E-state index is 0.0682. The van der Waals surface area contributed by atoms with Crippen molar-refractivity contribution >= 4 is 23.0 Å². The maximum Gasteiger partial charge on any atom is 0.171 e. The van der Waals surface area contributed by atoms with Crippen LogP contribution in [-0.4, -0.2) is 24.7 Å². The molecule has 2 heterocycles. The van der Waals surface area contributed by atoms with E-state index in [9.17, 15) is 0 Å². The van der Waals surface area contributed by atoms with Crippen LogP contribution in [0.3, 0.4) is 0 Å². The minimum absolute atomic E-state index is 0.0682. The Hall–Kier alpha value is -2.67. The van der Waals surface area contributed by atoms with E-state index in [1.54, 1.807) is 0 Å². The fraction of sp³-hybridized carbons (Fsp3) is 0.350. The van der Waals surface area contributed by atoms with Gasteiger partial charge in [-0.05, 0) is 45.5 Å². The first kappa shape index (κ1) is 19.1. The first-order valence-corrected chi connectivity index (χ1v) is 9.41. The van der Waals surface area contributed by atoms with E-state index in [4.69, 9.17) is 12.2 Å². The molecule has 0 aliphatic carbocycles. The molecule has 0 radical (unpaired) electrons. The van der Waals surface area contributed by atoms with Crippen LogP contribution in [0.2, 0.25) is 0 Å². The van der Waals surface area contributed by atoms with Crippen molar-refractivity contribution in [1.29, 1.82) is 0 Å². The Morgan fingerprint density at radius 3 is 2.48 bits per heavy atom. The van der Waals surface area contributed by atoms with Crippen LogP contribution in [0.4, 0.5) is 5.69 Å². The van der Waals surface area contributed by atoms with Crippen LogP contribution < -0.4 is 10.6 Å². The molecule has 2 N–H and O–H groups in total. The van der Waals surface area contributed by atoms with Gasteiger partial charge in [0.1, 0.15) is 0 Å². The Bertz CT molecular complexity index is 941. The lowest BCUT2D eigenvalue weighted by Gasteiger charge is -2.17. The van der Waals surface area contributed by atoms with Crippen molar-refractivity contribution in [3.05, 3.63) is 64.7 Å². The second-order valence-electron chi connectivity index (χ2n) is 6.82. The normalized spacial score (nSPS) is 12.0. The third-order valence-electron chi connectivity index (χ3n) is 4.88. The zero-order valence-corrected chi connectivity index (χ0v) is 17.3. The molecule has 0 aliphatic rings. The fourth-order valence-electron chi connectivity index (χ4n) is 3.15. The molecule has 0 saturated heterocycles. The second-order valence-corrected chi connectivity index (χ2v) is 7.23. The van der Waals surface area contributed by atoms with Gasteiger partial charge < -0.3 is 10.6 Å². The lowest BCUT2D eigenvalue weighted by atomic mass is 10.1. The summed E-state index contributed by atoms with van der Waals surface area (Å²) in [5, 5.41) is 16.2. The molecule has 7 heteroatoms. The average molecular weight is 383 g/mol. The third-order valence-corrected chi connectivity index (χ3v) is 5.10. The van der Waals surface area contributed by atoms with Crippen LogP contribution in [-0.2, 0) is 13.6 Å². The van der Waals surface area contributed by atoms with Crippen LogP contribution in [0.15, 0.2) is 36.5 Å². The van der Waals surface area contributed by atoms with Gasteiger partial charge in [0, 0.05) is 18.3 Å². The molecule has 0 aliphatic heterocycles. The maximum atomic E-state index is 5.53. The van der Waals surface area contributed by atoms with Crippen LogP contribution in [0.5, 0.6) is 0 Å². The van der Waals surface area contributed by atoms with E-state index in [1.807, 2.05) is 47.7 Å².